The van der Waals surface area contributed by atoms with Crippen LogP contribution in [0.3, 0.4) is 0 Å². The van der Waals surface area contributed by atoms with Gasteiger partial charge in [0, 0.05) is 57.2 Å². The van der Waals surface area contributed by atoms with E-state index in [-0.39, 0.29) is 24.0 Å². The molecule has 3 aromatic rings. The Bertz CT molecular complexity index is 1260. The van der Waals surface area contributed by atoms with Crippen molar-refractivity contribution in [2.24, 2.45) is 0 Å². The third-order valence-corrected chi connectivity index (χ3v) is 6.37. The quantitative estimate of drug-likeness (QED) is 0.300. The highest BCUT2D eigenvalue weighted by Crippen LogP contribution is 2.29. The molecule has 186 valence electrons. The Hall–Kier alpha value is -4.24. The maximum Gasteiger partial charge on any atom is 0.313 e. The lowest BCUT2D eigenvalue weighted by atomic mass is 9.96. The normalized spacial score (nSPS) is 13.8. The lowest BCUT2D eigenvalue weighted by molar-refractivity contribution is -0.384. The molecule has 0 fully saturated rings. The molecule has 36 heavy (non-hydrogen) atoms. The van der Waals surface area contributed by atoms with E-state index in [4.69, 9.17) is 0 Å². The fourth-order valence-electron chi connectivity index (χ4n) is 4.39. The molecule has 0 radical (unpaired) electrons. The van der Waals surface area contributed by atoms with Crippen molar-refractivity contribution in [3.8, 4) is 0 Å². The van der Waals surface area contributed by atoms with E-state index in [1.54, 1.807) is 0 Å². The van der Waals surface area contributed by atoms with Gasteiger partial charge in [0.2, 0.25) is 0 Å². The first kappa shape index (κ1) is 24.9. The Kier molecular flexibility index (Phi) is 7.60. The molecule has 0 saturated carbocycles. The van der Waals surface area contributed by atoms with Crippen LogP contribution in [0.2, 0.25) is 0 Å². The SMILES string of the molecule is CN(C)c1ccc(C(CNC(=O)C(=O)Nc2cccc([N+](=O)[O-])c2)N2CCc3ccccc3C2)cc1. The second-order valence-electron chi connectivity index (χ2n) is 8.96. The molecule has 1 aliphatic heterocycles. The summed E-state index contributed by atoms with van der Waals surface area (Å²) in [6, 6.07) is 21.9. The zero-order valence-corrected chi connectivity index (χ0v) is 20.3. The zero-order chi connectivity index (χ0) is 25.7. The van der Waals surface area contributed by atoms with Crippen molar-refractivity contribution >= 4 is 28.9 Å². The number of fused-ring (bicyclic) bond motifs is 1. The molecule has 0 spiro atoms. The molecule has 0 bridgehead atoms. The number of anilines is 2. The topological polar surface area (TPSA) is 108 Å². The van der Waals surface area contributed by atoms with Crippen molar-refractivity contribution in [1.29, 1.82) is 0 Å². The van der Waals surface area contributed by atoms with Gasteiger partial charge in [-0.25, -0.2) is 0 Å². The monoisotopic (exact) mass is 487 g/mol. The Labute approximate surface area is 209 Å². The number of hydrogen-bond donors (Lipinski definition) is 2. The summed E-state index contributed by atoms with van der Waals surface area (Å²) in [5.74, 6) is -1.67. The summed E-state index contributed by atoms with van der Waals surface area (Å²) in [6.07, 6.45) is 0.906. The summed E-state index contributed by atoms with van der Waals surface area (Å²) in [5.41, 5.74) is 4.72. The molecule has 1 atom stereocenters. The molecule has 2 N–H and O–H groups in total. The highest BCUT2D eigenvalue weighted by atomic mass is 16.6. The third kappa shape index (κ3) is 5.87. The highest BCUT2D eigenvalue weighted by Gasteiger charge is 2.26. The third-order valence-electron chi connectivity index (χ3n) is 6.37. The molecule has 2 amide bonds. The largest absolute Gasteiger partial charge is 0.378 e. The number of amides is 2. The second kappa shape index (κ2) is 11.0. The van der Waals surface area contributed by atoms with Gasteiger partial charge in [0.25, 0.3) is 5.69 Å². The van der Waals surface area contributed by atoms with Crippen LogP contribution in [0.4, 0.5) is 17.1 Å². The van der Waals surface area contributed by atoms with Gasteiger partial charge in [0.15, 0.2) is 0 Å². The van der Waals surface area contributed by atoms with Crippen LogP contribution in [0.15, 0.2) is 72.8 Å². The van der Waals surface area contributed by atoms with Gasteiger partial charge in [-0.05, 0) is 41.3 Å². The number of carbonyl (C=O) groups excluding carboxylic acids is 2. The first-order valence-electron chi connectivity index (χ1n) is 11.7. The Balaban J connectivity index is 1.48. The minimum absolute atomic E-state index is 0.135. The van der Waals surface area contributed by atoms with E-state index in [1.165, 1.54) is 35.4 Å². The summed E-state index contributed by atoms with van der Waals surface area (Å²) >= 11 is 0. The number of non-ortho nitro benzene ring substituents is 1. The smallest absolute Gasteiger partial charge is 0.313 e. The molecule has 3 aromatic carbocycles. The molecule has 1 unspecified atom stereocenters. The Morgan fingerprint density at radius 2 is 1.72 bits per heavy atom. The fourth-order valence-corrected chi connectivity index (χ4v) is 4.39. The van der Waals surface area contributed by atoms with Crippen molar-refractivity contribution in [2.45, 2.75) is 19.0 Å². The molecule has 9 heteroatoms. The van der Waals surface area contributed by atoms with Crippen molar-refractivity contribution in [3.63, 3.8) is 0 Å². The van der Waals surface area contributed by atoms with E-state index in [0.29, 0.717) is 0 Å². The Morgan fingerprint density at radius 1 is 1.00 bits per heavy atom. The van der Waals surface area contributed by atoms with Gasteiger partial charge >= 0.3 is 11.8 Å². The van der Waals surface area contributed by atoms with E-state index in [1.807, 2.05) is 43.3 Å². The van der Waals surface area contributed by atoms with Gasteiger partial charge < -0.3 is 15.5 Å². The summed E-state index contributed by atoms with van der Waals surface area (Å²) in [6.45, 7) is 1.81. The minimum atomic E-state index is -0.874. The van der Waals surface area contributed by atoms with Gasteiger partial charge in [-0.1, -0.05) is 42.5 Å². The van der Waals surface area contributed by atoms with Crippen LogP contribution >= 0.6 is 0 Å². The van der Waals surface area contributed by atoms with Crippen LogP contribution in [0.1, 0.15) is 22.7 Å². The average molecular weight is 488 g/mol. The van der Waals surface area contributed by atoms with Crippen LogP contribution < -0.4 is 15.5 Å². The maximum atomic E-state index is 12.6. The Morgan fingerprint density at radius 3 is 2.42 bits per heavy atom. The van der Waals surface area contributed by atoms with Gasteiger partial charge in [0.1, 0.15) is 0 Å². The van der Waals surface area contributed by atoms with Crippen molar-refractivity contribution < 1.29 is 14.5 Å². The van der Waals surface area contributed by atoms with Crippen LogP contribution in [0.25, 0.3) is 0 Å². The van der Waals surface area contributed by atoms with E-state index in [9.17, 15) is 19.7 Å². The molecule has 0 saturated heterocycles. The van der Waals surface area contributed by atoms with E-state index >= 15 is 0 Å². The summed E-state index contributed by atoms with van der Waals surface area (Å²) in [7, 11) is 3.96. The lowest BCUT2D eigenvalue weighted by Gasteiger charge is -2.36. The van der Waals surface area contributed by atoms with Gasteiger partial charge in [-0.2, -0.15) is 0 Å². The van der Waals surface area contributed by atoms with Crippen molar-refractivity contribution in [2.75, 3.05) is 37.4 Å². The zero-order valence-electron chi connectivity index (χ0n) is 20.3. The number of nitro groups is 1. The number of nitrogens with one attached hydrogen (secondary N) is 2. The first-order valence-corrected chi connectivity index (χ1v) is 11.7. The number of nitro benzene ring substituents is 1. The maximum absolute atomic E-state index is 12.6. The van der Waals surface area contributed by atoms with Crippen molar-refractivity contribution in [1.82, 2.24) is 10.2 Å². The molecule has 0 aromatic heterocycles. The van der Waals surface area contributed by atoms with Crippen molar-refractivity contribution in [3.05, 3.63) is 99.6 Å². The number of carbonyl (C=O) groups is 2. The van der Waals surface area contributed by atoms with Crippen LogP contribution in [0, 0.1) is 10.1 Å². The minimum Gasteiger partial charge on any atom is -0.378 e. The fraction of sp³-hybridized carbons (Fsp3) is 0.259. The molecule has 4 rings (SSSR count). The van der Waals surface area contributed by atoms with E-state index < -0.39 is 16.7 Å². The van der Waals surface area contributed by atoms with E-state index in [0.717, 1.165) is 30.8 Å². The summed E-state index contributed by atoms with van der Waals surface area (Å²) in [4.78, 5) is 39.9. The molecular formula is C27H29N5O4. The standard InChI is InChI=1S/C27H29N5O4/c1-30(2)23-12-10-20(11-13-23)25(31-15-14-19-6-3-4-7-21(19)18-31)17-28-26(33)27(34)29-22-8-5-9-24(16-22)32(35)36/h3-13,16,25H,14-15,17-18H2,1-2H3,(H,28,33)(H,29,34). The van der Waals surface area contributed by atoms with E-state index in [2.05, 4.69) is 39.8 Å². The molecule has 9 nitrogen and oxygen atoms in total. The van der Waals surface area contributed by atoms with Gasteiger partial charge in [-0.15, -0.1) is 0 Å². The number of benzene rings is 3. The predicted octanol–water partition coefficient (Wildman–Crippen LogP) is 3.52. The number of rotatable bonds is 7. The lowest BCUT2D eigenvalue weighted by Crippen LogP contribution is -2.43. The van der Waals surface area contributed by atoms with Crippen LogP contribution in [-0.4, -0.2) is 48.8 Å². The van der Waals surface area contributed by atoms with Gasteiger partial charge in [-0.3, -0.25) is 24.6 Å². The van der Waals surface area contributed by atoms with Crippen LogP contribution in [0.5, 0.6) is 0 Å². The molecule has 1 aliphatic rings. The van der Waals surface area contributed by atoms with Crippen LogP contribution in [-0.2, 0) is 22.6 Å². The second-order valence-corrected chi connectivity index (χ2v) is 8.96. The summed E-state index contributed by atoms with van der Waals surface area (Å²) in [5, 5.41) is 16.2. The molecule has 0 aliphatic carbocycles. The molecular weight excluding hydrogens is 458 g/mol. The molecule has 1 heterocycles. The summed E-state index contributed by atoms with van der Waals surface area (Å²) < 4.78 is 0. The first-order chi connectivity index (χ1) is 17.3. The highest BCUT2D eigenvalue weighted by molar-refractivity contribution is 6.39. The predicted molar refractivity (Wildman–Crippen MR) is 139 cm³/mol. The number of hydrogen-bond acceptors (Lipinski definition) is 6. The average Bonchev–Trinajstić information content (AvgIpc) is 2.89. The number of nitrogens with zero attached hydrogens (tertiary/aromatic N) is 3. The van der Waals surface area contributed by atoms with Gasteiger partial charge in [0.05, 0.1) is 11.0 Å².